The van der Waals surface area contributed by atoms with Crippen molar-refractivity contribution in [3.05, 3.63) is 0 Å². The van der Waals surface area contributed by atoms with Gasteiger partial charge in [0, 0.05) is 25.7 Å². The average Bonchev–Trinajstić information content (AvgIpc) is 2.76. The first kappa shape index (κ1) is 10.4. The van der Waals surface area contributed by atoms with Gasteiger partial charge in [-0.1, -0.05) is 0 Å². The molecule has 0 amide bonds. The van der Waals surface area contributed by atoms with E-state index < -0.39 is 0 Å². The summed E-state index contributed by atoms with van der Waals surface area (Å²) in [7, 11) is 2.21. The van der Waals surface area contributed by atoms with Crippen LogP contribution in [0.1, 0.15) is 25.7 Å². The molecule has 2 fully saturated rings. The lowest BCUT2D eigenvalue weighted by molar-refractivity contribution is 0.0791. The van der Waals surface area contributed by atoms with Crippen molar-refractivity contribution < 1.29 is 4.74 Å². The number of hydrogen-bond donors (Lipinski definition) is 1. The number of nitrogens with one attached hydrogen (secondary N) is 1. The summed E-state index contributed by atoms with van der Waals surface area (Å²) in [4.78, 5) is 2.42. The topological polar surface area (TPSA) is 24.5 Å². The van der Waals surface area contributed by atoms with Crippen molar-refractivity contribution in [1.82, 2.24) is 10.2 Å². The maximum Gasteiger partial charge on any atom is 0.0702 e. The number of hydrogen-bond acceptors (Lipinski definition) is 3. The Kier molecular flexibility index (Phi) is 3.79. The molecule has 0 spiro atoms. The van der Waals surface area contributed by atoms with Crippen LogP contribution in [0.2, 0.25) is 0 Å². The fourth-order valence-corrected chi connectivity index (χ4v) is 2.50. The van der Waals surface area contributed by atoms with Gasteiger partial charge in [0.2, 0.25) is 0 Å². The van der Waals surface area contributed by atoms with Crippen LogP contribution in [0.3, 0.4) is 0 Å². The van der Waals surface area contributed by atoms with Gasteiger partial charge in [-0.3, -0.25) is 0 Å². The molecule has 0 aromatic carbocycles. The molecule has 3 nitrogen and oxygen atoms in total. The second kappa shape index (κ2) is 5.10. The summed E-state index contributed by atoms with van der Waals surface area (Å²) in [5.74, 6) is 0. The smallest absolute Gasteiger partial charge is 0.0702 e. The molecule has 0 saturated carbocycles. The van der Waals surface area contributed by atoms with Crippen LogP contribution in [0.4, 0.5) is 0 Å². The second-order valence-electron chi connectivity index (χ2n) is 4.65. The van der Waals surface area contributed by atoms with Crippen LogP contribution in [0.5, 0.6) is 0 Å². The molecule has 2 rings (SSSR count). The molecule has 2 saturated heterocycles. The van der Waals surface area contributed by atoms with Crippen LogP contribution < -0.4 is 5.32 Å². The predicted octanol–water partition coefficient (Wildman–Crippen LogP) is 0.849. The highest BCUT2D eigenvalue weighted by Crippen LogP contribution is 2.13. The van der Waals surface area contributed by atoms with Crippen molar-refractivity contribution in [3.63, 3.8) is 0 Å². The number of likely N-dealkylation sites (N-methyl/N-ethyl adjacent to an activating group) is 1. The maximum atomic E-state index is 5.63. The van der Waals surface area contributed by atoms with Crippen molar-refractivity contribution >= 4 is 0 Å². The van der Waals surface area contributed by atoms with Crippen LogP contribution in [-0.4, -0.2) is 50.3 Å². The Hall–Kier alpha value is -0.120. The normalized spacial score (nSPS) is 33.0. The lowest BCUT2D eigenvalue weighted by atomic mass is 10.2. The summed E-state index contributed by atoms with van der Waals surface area (Å²) in [6.07, 6.45) is 5.69. The highest BCUT2D eigenvalue weighted by atomic mass is 16.5. The zero-order chi connectivity index (χ0) is 9.80. The van der Waals surface area contributed by atoms with Crippen molar-refractivity contribution in [2.45, 2.75) is 37.8 Å². The second-order valence-corrected chi connectivity index (χ2v) is 4.65. The molecule has 2 aliphatic heterocycles. The molecule has 2 aliphatic rings. The van der Waals surface area contributed by atoms with Gasteiger partial charge in [0.25, 0.3) is 0 Å². The van der Waals surface area contributed by atoms with Crippen LogP contribution in [0, 0.1) is 0 Å². The summed E-state index contributed by atoms with van der Waals surface area (Å²) < 4.78 is 5.63. The quantitative estimate of drug-likeness (QED) is 0.725. The summed E-state index contributed by atoms with van der Waals surface area (Å²) in [5, 5.41) is 3.53. The molecule has 2 heterocycles. The molecule has 14 heavy (non-hydrogen) atoms. The van der Waals surface area contributed by atoms with Crippen LogP contribution in [0.25, 0.3) is 0 Å². The Balaban J connectivity index is 1.64. The van der Waals surface area contributed by atoms with E-state index in [2.05, 4.69) is 17.3 Å². The minimum Gasteiger partial charge on any atom is -0.377 e. The molecule has 3 heteroatoms. The Morgan fingerprint density at radius 3 is 2.86 bits per heavy atom. The van der Waals surface area contributed by atoms with Crippen molar-refractivity contribution in [1.29, 1.82) is 0 Å². The van der Waals surface area contributed by atoms with Gasteiger partial charge < -0.3 is 15.0 Å². The van der Waals surface area contributed by atoms with Gasteiger partial charge in [-0.25, -0.2) is 0 Å². The molecular formula is C11H22N2O. The summed E-state index contributed by atoms with van der Waals surface area (Å²) in [6, 6.07) is 0.724. The van der Waals surface area contributed by atoms with Gasteiger partial charge in [0.15, 0.2) is 0 Å². The van der Waals surface area contributed by atoms with Crippen molar-refractivity contribution in [2.75, 3.05) is 33.3 Å². The average molecular weight is 198 g/mol. The van der Waals surface area contributed by atoms with Crippen LogP contribution in [-0.2, 0) is 4.74 Å². The zero-order valence-electron chi connectivity index (χ0n) is 9.17. The van der Waals surface area contributed by atoms with Gasteiger partial charge in [-0.15, -0.1) is 0 Å². The predicted molar refractivity (Wildman–Crippen MR) is 57.5 cm³/mol. The number of nitrogens with zero attached hydrogens (tertiary/aromatic N) is 1. The molecule has 2 atom stereocenters. The fourth-order valence-electron chi connectivity index (χ4n) is 2.50. The van der Waals surface area contributed by atoms with E-state index in [1.54, 1.807) is 0 Å². The third-order valence-corrected chi connectivity index (χ3v) is 3.23. The molecule has 0 radical (unpaired) electrons. The highest BCUT2D eigenvalue weighted by molar-refractivity contribution is 4.78. The molecule has 82 valence electrons. The van der Waals surface area contributed by atoms with Crippen molar-refractivity contribution in [2.24, 2.45) is 0 Å². The summed E-state index contributed by atoms with van der Waals surface area (Å²) >= 11 is 0. The van der Waals surface area contributed by atoms with E-state index in [1.165, 1.54) is 38.8 Å². The van der Waals surface area contributed by atoms with Crippen LogP contribution >= 0.6 is 0 Å². The van der Waals surface area contributed by atoms with E-state index >= 15 is 0 Å². The number of ether oxygens (including phenoxy) is 1. The molecule has 0 bridgehead atoms. The third kappa shape index (κ3) is 2.94. The number of rotatable bonds is 4. The molecule has 1 N–H and O–H groups in total. The van der Waals surface area contributed by atoms with E-state index in [1.807, 2.05) is 0 Å². The van der Waals surface area contributed by atoms with E-state index in [0.717, 1.165) is 19.2 Å². The molecular weight excluding hydrogens is 176 g/mol. The lowest BCUT2D eigenvalue weighted by Gasteiger charge is -2.23. The lowest BCUT2D eigenvalue weighted by Crippen LogP contribution is -2.38. The summed E-state index contributed by atoms with van der Waals surface area (Å²) in [5.41, 5.74) is 0. The Bertz CT molecular complexity index is 145. The molecule has 0 aromatic rings. The first-order valence-electron chi connectivity index (χ1n) is 5.88. The van der Waals surface area contributed by atoms with Gasteiger partial charge in [-0.2, -0.15) is 0 Å². The van der Waals surface area contributed by atoms with E-state index in [9.17, 15) is 0 Å². The standard InChI is InChI=1S/C11H22N2O/c1-13(8-10-4-2-6-12-10)9-11-5-3-7-14-11/h10-12H,2-9H2,1H3/t10-,11?/m1/s1. The Morgan fingerprint density at radius 1 is 1.29 bits per heavy atom. The molecule has 0 aromatic heterocycles. The first-order valence-corrected chi connectivity index (χ1v) is 5.88. The van der Waals surface area contributed by atoms with Gasteiger partial charge in [0.05, 0.1) is 6.10 Å². The van der Waals surface area contributed by atoms with E-state index in [0.29, 0.717) is 6.10 Å². The van der Waals surface area contributed by atoms with Gasteiger partial charge in [0.1, 0.15) is 0 Å². The zero-order valence-corrected chi connectivity index (χ0v) is 9.17. The van der Waals surface area contributed by atoms with E-state index in [-0.39, 0.29) is 0 Å². The Morgan fingerprint density at radius 2 is 2.21 bits per heavy atom. The van der Waals surface area contributed by atoms with Gasteiger partial charge >= 0.3 is 0 Å². The minimum atomic E-state index is 0.501. The molecule has 0 aliphatic carbocycles. The Labute approximate surface area is 86.8 Å². The van der Waals surface area contributed by atoms with E-state index in [4.69, 9.17) is 4.74 Å². The van der Waals surface area contributed by atoms with Crippen molar-refractivity contribution in [3.8, 4) is 0 Å². The van der Waals surface area contributed by atoms with Crippen LogP contribution in [0.15, 0.2) is 0 Å². The monoisotopic (exact) mass is 198 g/mol. The fraction of sp³-hybridized carbons (Fsp3) is 1.00. The summed E-state index contributed by atoms with van der Waals surface area (Å²) in [6.45, 7) is 4.47. The third-order valence-electron chi connectivity index (χ3n) is 3.23. The SMILES string of the molecule is CN(CC1CCCO1)C[C@H]1CCCN1. The first-order chi connectivity index (χ1) is 6.84. The maximum absolute atomic E-state index is 5.63. The van der Waals surface area contributed by atoms with Gasteiger partial charge in [-0.05, 0) is 39.3 Å². The largest absolute Gasteiger partial charge is 0.377 e. The highest BCUT2D eigenvalue weighted by Gasteiger charge is 2.20. The molecule has 1 unspecified atom stereocenters. The minimum absolute atomic E-state index is 0.501.